The maximum absolute atomic E-state index is 5.31. The summed E-state index contributed by atoms with van der Waals surface area (Å²) in [7, 11) is 0. The molecule has 0 fully saturated rings. The van der Waals surface area contributed by atoms with E-state index in [9.17, 15) is 0 Å². The SMILES string of the molecule is CCCc1nc(=S)c(C)c(-c2cnnn2CC)[nH]1. The number of aromatic nitrogens is 5. The molecule has 0 unspecified atom stereocenters. The third-order valence-electron chi connectivity index (χ3n) is 2.86. The highest BCUT2D eigenvalue weighted by molar-refractivity contribution is 7.71. The fourth-order valence-electron chi connectivity index (χ4n) is 1.88. The van der Waals surface area contributed by atoms with Crippen molar-refractivity contribution in [2.24, 2.45) is 0 Å². The Bertz CT molecular complexity index is 599. The largest absolute Gasteiger partial charge is 0.342 e. The van der Waals surface area contributed by atoms with Gasteiger partial charge in [-0.1, -0.05) is 24.4 Å². The van der Waals surface area contributed by atoms with Crippen molar-refractivity contribution < 1.29 is 0 Å². The fourth-order valence-corrected chi connectivity index (χ4v) is 2.09. The van der Waals surface area contributed by atoms with E-state index >= 15 is 0 Å². The first-order valence-electron chi connectivity index (χ1n) is 6.16. The minimum absolute atomic E-state index is 0.649. The molecule has 2 aromatic rings. The van der Waals surface area contributed by atoms with Gasteiger partial charge in [0.2, 0.25) is 0 Å². The van der Waals surface area contributed by atoms with E-state index in [4.69, 9.17) is 12.2 Å². The summed E-state index contributed by atoms with van der Waals surface area (Å²) in [6, 6.07) is 0. The van der Waals surface area contributed by atoms with Gasteiger partial charge in [-0.25, -0.2) is 9.67 Å². The van der Waals surface area contributed by atoms with Crippen molar-refractivity contribution in [1.29, 1.82) is 0 Å². The molecule has 0 atom stereocenters. The van der Waals surface area contributed by atoms with Crippen molar-refractivity contribution in [3.05, 3.63) is 22.2 Å². The van der Waals surface area contributed by atoms with Crippen molar-refractivity contribution in [1.82, 2.24) is 25.0 Å². The summed E-state index contributed by atoms with van der Waals surface area (Å²) in [6.07, 6.45) is 3.68. The van der Waals surface area contributed by atoms with Crippen LogP contribution < -0.4 is 0 Å². The Kier molecular flexibility index (Phi) is 3.86. The van der Waals surface area contributed by atoms with Gasteiger partial charge in [-0.2, -0.15) is 0 Å². The van der Waals surface area contributed by atoms with E-state index in [0.29, 0.717) is 4.64 Å². The van der Waals surface area contributed by atoms with E-state index in [-0.39, 0.29) is 0 Å². The van der Waals surface area contributed by atoms with E-state index in [1.807, 2.05) is 18.5 Å². The average molecular weight is 263 g/mol. The molecule has 6 heteroatoms. The Balaban J connectivity index is 2.59. The lowest BCUT2D eigenvalue weighted by atomic mass is 10.2. The van der Waals surface area contributed by atoms with Gasteiger partial charge in [0, 0.05) is 18.5 Å². The monoisotopic (exact) mass is 263 g/mol. The minimum Gasteiger partial charge on any atom is -0.342 e. The van der Waals surface area contributed by atoms with E-state index in [0.717, 1.165) is 42.2 Å². The predicted octanol–water partition coefficient (Wildman–Crippen LogP) is 2.68. The Morgan fingerprint density at radius 3 is 2.83 bits per heavy atom. The molecule has 2 heterocycles. The average Bonchev–Trinajstić information content (AvgIpc) is 2.82. The van der Waals surface area contributed by atoms with Gasteiger partial charge in [0.1, 0.15) is 16.2 Å². The molecule has 2 aromatic heterocycles. The van der Waals surface area contributed by atoms with Gasteiger partial charge in [0.25, 0.3) is 0 Å². The molecule has 0 saturated carbocycles. The van der Waals surface area contributed by atoms with Crippen LogP contribution in [0.2, 0.25) is 0 Å². The Labute approximate surface area is 111 Å². The Morgan fingerprint density at radius 2 is 2.17 bits per heavy atom. The first kappa shape index (κ1) is 12.9. The zero-order valence-corrected chi connectivity index (χ0v) is 11.7. The predicted molar refractivity (Wildman–Crippen MR) is 72.8 cm³/mol. The summed E-state index contributed by atoms with van der Waals surface area (Å²) in [5.41, 5.74) is 2.91. The smallest absolute Gasteiger partial charge is 0.133 e. The Morgan fingerprint density at radius 1 is 1.39 bits per heavy atom. The summed E-state index contributed by atoms with van der Waals surface area (Å²) in [4.78, 5) is 7.75. The maximum atomic E-state index is 5.31. The molecule has 96 valence electrons. The van der Waals surface area contributed by atoms with Crippen LogP contribution in [0, 0.1) is 11.6 Å². The van der Waals surface area contributed by atoms with E-state index < -0.39 is 0 Å². The van der Waals surface area contributed by atoms with E-state index in [1.165, 1.54) is 0 Å². The third-order valence-corrected chi connectivity index (χ3v) is 3.26. The summed E-state index contributed by atoms with van der Waals surface area (Å²) >= 11 is 5.31. The van der Waals surface area contributed by atoms with Gasteiger partial charge in [-0.3, -0.25) is 0 Å². The van der Waals surface area contributed by atoms with Crippen LogP contribution in [0.5, 0.6) is 0 Å². The summed E-state index contributed by atoms with van der Waals surface area (Å²) in [6.45, 7) is 6.91. The highest BCUT2D eigenvalue weighted by atomic mass is 32.1. The molecule has 0 aliphatic rings. The highest BCUT2D eigenvalue weighted by Gasteiger charge is 2.11. The molecule has 0 amide bonds. The van der Waals surface area contributed by atoms with Crippen LogP contribution in [0.25, 0.3) is 11.4 Å². The molecule has 2 rings (SSSR count). The van der Waals surface area contributed by atoms with Gasteiger partial charge in [0.15, 0.2) is 0 Å². The molecule has 1 N–H and O–H groups in total. The second kappa shape index (κ2) is 5.39. The van der Waals surface area contributed by atoms with Crippen LogP contribution in [0.1, 0.15) is 31.7 Å². The van der Waals surface area contributed by atoms with Crippen molar-refractivity contribution in [2.45, 2.75) is 40.2 Å². The normalized spacial score (nSPS) is 10.8. The third kappa shape index (κ3) is 2.33. The van der Waals surface area contributed by atoms with Gasteiger partial charge in [-0.05, 0) is 20.3 Å². The molecule has 0 radical (unpaired) electrons. The molecular weight excluding hydrogens is 246 g/mol. The standard InChI is InChI=1S/C12H17N5S/c1-4-6-10-14-11(8(3)12(18)15-10)9-7-13-16-17(9)5-2/h7H,4-6H2,1-3H3,(H,14,15,18). The zero-order valence-electron chi connectivity index (χ0n) is 10.9. The van der Waals surface area contributed by atoms with E-state index in [1.54, 1.807) is 6.20 Å². The minimum atomic E-state index is 0.649. The number of H-pyrrole nitrogens is 1. The summed E-state index contributed by atoms with van der Waals surface area (Å²) in [5, 5.41) is 8.00. The van der Waals surface area contributed by atoms with Crippen LogP contribution in [0.4, 0.5) is 0 Å². The van der Waals surface area contributed by atoms with Gasteiger partial charge in [0.05, 0.1) is 11.9 Å². The number of aryl methyl sites for hydroxylation is 2. The summed E-state index contributed by atoms with van der Waals surface area (Å²) < 4.78 is 2.50. The Hall–Kier alpha value is -1.56. The second-order valence-corrected chi connectivity index (χ2v) is 4.56. The number of aromatic amines is 1. The van der Waals surface area contributed by atoms with Crippen molar-refractivity contribution >= 4 is 12.2 Å². The first-order chi connectivity index (χ1) is 8.67. The fraction of sp³-hybridized carbons (Fsp3) is 0.500. The molecular formula is C12H17N5S. The molecule has 0 saturated heterocycles. The molecule has 0 bridgehead atoms. The van der Waals surface area contributed by atoms with Gasteiger partial charge in [-0.15, -0.1) is 5.10 Å². The number of nitrogens with one attached hydrogen (secondary N) is 1. The van der Waals surface area contributed by atoms with Crippen LogP contribution in [0.3, 0.4) is 0 Å². The first-order valence-corrected chi connectivity index (χ1v) is 6.56. The lowest BCUT2D eigenvalue weighted by Gasteiger charge is -2.09. The summed E-state index contributed by atoms with van der Waals surface area (Å²) in [5.74, 6) is 0.923. The molecule has 0 aromatic carbocycles. The second-order valence-electron chi connectivity index (χ2n) is 4.17. The molecule has 0 aliphatic heterocycles. The molecule has 18 heavy (non-hydrogen) atoms. The molecule has 0 aliphatic carbocycles. The van der Waals surface area contributed by atoms with Gasteiger partial charge >= 0.3 is 0 Å². The number of nitrogens with zero attached hydrogens (tertiary/aromatic N) is 4. The van der Waals surface area contributed by atoms with Crippen LogP contribution in [-0.2, 0) is 13.0 Å². The number of hydrogen-bond donors (Lipinski definition) is 1. The van der Waals surface area contributed by atoms with Crippen molar-refractivity contribution in [3.8, 4) is 11.4 Å². The quantitative estimate of drug-likeness (QED) is 0.862. The number of rotatable bonds is 4. The van der Waals surface area contributed by atoms with Crippen LogP contribution in [-0.4, -0.2) is 25.0 Å². The van der Waals surface area contributed by atoms with Crippen molar-refractivity contribution in [3.63, 3.8) is 0 Å². The van der Waals surface area contributed by atoms with Crippen molar-refractivity contribution in [2.75, 3.05) is 0 Å². The zero-order chi connectivity index (χ0) is 13.1. The number of hydrogen-bond acceptors (Lipinski definition) is 4. The lowest BCUT2D eigenvalue weighted by molar-refractivity contribution is 0.630. The topological polar surface area (TPSA) is 59.4 Å². The molecule has 5 nitrogen and oxygen atoms in total. The van der Waals surface area contributed by atoms with E-state index in [2.05, 4.69) is 27.2 Å². The van der Waals surface area contributed by atoms with Gasteiger partial charge < -0.3 is 4.98 Å². The maximum Gasteiger partial charge on any atom is 0.133 e. The lowest BCUT2D eigenvalue weighted by Crippen LogP contribution is -2.05. The van der Waals surface area contributed by atoms with Crippen LogP contribution in [0.15, 0.2) is 6.20 Å². The molecule has 0 spiro atoms. The van der Waals surface area contributed by atoms with Crippen LogP contribution >= 0.6 is 12.2 Å². The highest BCUT2D eigenvalue weighted by Crippen LogP contribution is 2.20.